The van der Waals surface area contributed by atoms with Crippen LogP contribution in [0.25, 0.3) is 11.3 Å². The SMILES string of the molecule is COc1c(-c2cc(C(=O)O)nn2C)ccc(F)c1C. The van der Waals surface area contributed by atoms with Crippen LogP contribution in [0.5, 0.6) is 5.75 Å². The monoisotopic (exact) mass is 264 g/mol. The summed E-state index contributed by atoms with van der Waals surface area (Å²) in [6.45, 7) is 1.60. The average Bonchev–Trinajstić information content (AvgIpc) is 2.75. The van der Waals surface area contributed by atoms with Gasteiger partial charge in [-0.1, -0.05) is 0 Å². The zero-order chi connectivity index (χ0) is 14.2. The van der Waals surface area contributed by atoms with Crippen LogP contribution in [0.3, 0.4) is 0 Å². The molecule has 0 saturated carbocycles. The Balaban J connectivity index is 2.65. The number of ether oxygens (including phenoxy) is 1. The molecule has 2 rings (SSSR count). The third kappa shape index (κ3) is 2.16. The van der Waals surface area contributed by atoms with E-state index in [1.807, 2.05) is 0 Å². The van der Waals surface area contributed by atoms with Gasteiger partial charge in [0.05, 0.1) is 12.8 Å². The number of carboxylic acids is 1. The van der Waals surface area contributed by atoms with Crippen LogP contribution in [-0.2, 0) is 7.05 Å². The summed E-state index contributed by atoms with van der Waals surface area (Å²) in [5.41, 5.74) is 1.46. The molecule has 5 nitrogen and oxygen atoms in total. The van der Waals surface area contributed by atoms with Crippen LogP contribution in [-0.4, -0.2) is 28.0 Å². The van der Waals surface area contributed by atoms with Crippen molar-refractivity contribution in [3.63, 3.8) is 0 Å². The van der Waals surface area contributed by atoms with Crippen LogP contribution in [0.4, 0.5) is 4.39 Å². The number of carbonyl (C=O) groups is 1. The van der Waals surface area contributed by atoms with Crippen molar-refractivity contribution in [2.24, 2.45) is 7.05 Å². The van der Waals surface area contributed by atoms with Crippen molar-refractivity contribution in [2.75, 3.05) is 7.11 Å². The van der Waals surface area contributed by atoms with E-state index in [2.05, 4.69) is 5.10 Å². The molecule has 100 valence electrons. The summed E-state index contributed by atoms with van der Waals surface area (Å²) in [5.74, 6) is -1.11. The summed E-state index contributed by atoms with van der Waals surface area (Å²) in [7, 11) is 3.07. The Morgan fingerprint density at radius 2 is 2.16 bits per heavy atom. The van der Waals surface area contributed by atoms with Gasteiger partial charge >= 0.3 is 5.97 Å². The molecule has 0 bridgehead atoms. The first-order valence-electron chi connectivity index (χ1n) is 5.56. The van der Waals surface area contributed by atoms with Crippen LogP contribution in [0.2, 0.25) is 0 Å². The Morgan fingerprint density at radius 1 is 1.47 bits per heavy atom. The molecule has 0 radical (unpaired) electrons. The Labute approximate surface area is 109 Å². The number of benzene rings is 1. The second-order valence-electron chi connectivity index (χ2n) is 4.10. The lowest BCUT2D eigenvalue weighted by atomic mass is 10.1. The van der Waals surface area contributed by atoms with E-state index in [1.54, 1.807) is 20.0 Å². The standard InChI is InChI=1S/C13H13FN2O3/c1-7-9(14)5-4-8(12(7)19-3)11-6-10(13(17)18)15-16(11)2/h4-6H,1-3H3,(H,17,18). The highest BCUT2D eigenvalue weighted by molar-refractivity contribution is 5.87. The molecule has 1 aromatic heterocycles. The van der Waals surface area contributed by atoms with Crippen molar-refractivity contribution < 1.29 is 19.0 Å². The van der Waals surface area contributed by atoms with Crippen molar-refractivity contribution in [2.45, 2.75) is 6.92 Å². The molecule has 0 amide bonds. The molecular weight excluding hydrogens is 251 g/mol. The van der Waals surface area contributed by atoms with Gasteiger partial charge < -0.3 is 9.84 Å². The Hall–Kier alpha value is -2.37. The maximum absolute atomic E-state index is 13.5. The minimum Gasteiger partial charge on any atom is -0.496 e. The van der Waals surface area contributed by atoms with E-state index in [9.17, 15) is 9.18 Å². The minimum absolute atomic E-state index is 0.0680. The number of rotatable bonds is 3. The fourth-order valence-electron chi connectivity index (χ4n) is 1.96. The number of hydrogen-bond donors (Lipinski definition) is 1. The predicted octanol–water partition coefficient (Wildman–Crippen LogP) is 2.24. The van der Waals surface area contributed by atoms with E-state index >= 15 is 0 Å². The zero-order valence-corrected chi connectivity index (χ0v) is 10.8. The topological polar surface area (TPSA) is 64.3 Å². The third-order valence-electron chi connectivity index (χ3n) is 2.92. The van der Waals surface area contributed by atoms with Gasteiger partial charge in [0, 0.05) is 18.2 Å². The average molecular weight is 264 g/mol. The molecule has 0 unspecified atom stereocenters. The lowest BCUT2D eigenvalue weighted by Gasteiger charge is -2.12. The number of hydrogen-bond acceptors (Lipinski definition) is 3. The van der Waals surface area contributed by atoms with Gasteiger partial charge in [0.1, 0.15) is 11.6 Å². The molecule has 1 aromatic carbocycles. The Morgan fingerprint density at radius 3 is 2.68 bits per heavy atom. The molecule has 0 spiro atoms. The lowest BCUT2D eigenvalue weighted by Crippen LogP contribution is -2.00. The third-order valence-corrected chi connectivity index (χ3v) is 2.92. The summed E-state index contributed by atoms with van der Waals surface area (Å²) in [4.78, 5) is 10.9. The second-order valence-corrected chi connectivity index (χ2v) is 4.10. The smallest absolute Gasteiger partial charge is 0.356 e. The Kier molecular flexibility index (Phi) is 3.25. The van der Waals surface area contributed by atoms with Gasteiger partial charge in [-0.2, -0.15) is 5.10 Å². The molecule has 0 aliphatic carbocycles. The van der Waals surface area contributed by atoms with Gasteiger partial charge in [0.2, 0.25) is 0 Å². The molecule has 0 saturated heterocycles. The molecule has 19 heavy (non-hydrogen) atoms. The van der Waals surface area contributed by atoms with Crippen LogP contribution in [0, 0.1) is 12.7 Å². The summed E-state index contributed by atoms with van der Waals surface area (Å²) < 4.78 is 20.1. The molecule has 6 heteroatoms. The van der Waals surface area contributed by atoms with Crippen LogP contribution in [0.1, 0.15) is 16.1 Å². The van der Waals surface area contributed by atoms with E-state index < -0.39 is 5.97 Å². The fraction of sp³-hybridized carbons (Fsp3) is 0.231. The van der Waals surface area contributed by atoms with Gasteiger partial charge in [-0.15, -0.1) is 0 Å². The highest BCUT2D eigenvalue weighted by atomic mass is 19.1. The number of methoxy groups -OCH3 is 1. The maximum atomic E-state index is 13.5. The number of carboxylic acid groups (broad SMARTS) is 1. The molecule has 0 fully saturated rings. The second kappa shape index (κ2) is 4.72. The summed E-state index contributed by atoms with van der Waals surface area (Å²) in [5, 5.41) is 12.8. The van der Waals surface area contributed by atoms with E-state index in [0.717, 1.165) is 0 Å². The zero-order valence-electron chi connectivity index (χ0n) is 10.8. The van der Waals surface area contributed by atoms with E-state index in [-0.39, 0.29) is 11.5 Å². The fourth-order valence-corrected chi connectivity index (χ4v) is 1.96. The number of aromatic carboxylic acids is 1. The van der Waals surface area contributed by atoms with E-state index in [1.165, 1.54) is 23.9 Å². The van der Waals surface area contributed by atoms with Gasteiger partial charge in [0.15, 0.2) is 5.69 Å². The molecule has 2 aromatic rings. The first-order valence-corrected chi connectivity index (χ1v) is 5.56. The van der Waals surface area contributed by atoms with Gasteiger partial charge in [-0.3, -0.25) is 4.68 Å². The highest BCUT2D eigenvalue weighted by Gasteiger charge is 2.18. The van der Waals surface area contributed by atoms with E-state index in [4.69, 9.17) is 9.84 Å². The van der Waals surface area contributed by atoms with Gasteiger partial charge in [-0.05, 0) is 25.1 Å². The van der Waals surface area contributed by atoms with Crippen molar-refractivity contribution >= 4 is 5.97 Å². The molecule has 0 atom stereocenters. The quantitative estimate of drug-likeness (QED) is 0.923. The highest BCUT2D eigenvalue weighted by Crippen LogP contribution is 2.34. The van der Waals surface area contributed by atoms with Crippen molar-refractivity contribution in [1.29, 1.82) is 0 Å². The van der Waals surface area contributed by atoms with Crippen LogP contribution < -0.4 is 4.74 Å². The molecule has 0 aliphatic heterocycles. The van der Waals surface area contributed by atoms with Gasteiger partial charge in [0.25, 0.3) is 0 Å². The number of halogens is 1. The maximum Gasteiger partial charge on any atom is 0.356 e. The first-order chi connectivity index (χ1) is 8.95. The summed E-state index contributed by atoms with van der Waals surface area (Å²) in [6, 6.07) is 4.29. The van der Waals surface area contributed by atoms with Gasteiger partial charge in [-0.25, -0.2) is 9.18 Å². The summed E-state index contributed by atoms with van der Waals surface area (Å²) in [6.07, 6.45) is 0. The first kappa shape index (κ1) is 13.1. The van der Waals surface area contributed by atoms with Crippen molar-refractivity contribution in [1.82, 2.24) is 9.78 Å². The number of aromatic nitrogens is 2. The van der Waals surface area contributed by atoms with Crippen LogP contribution >= 0.6 is 0 Å². The molecule has 1 N–H and O–H groups in total. The minimum atomic E-state index is -1.11. The molecule has 1 heterocycles. The molecular formula is C13H13FN2O3. The normalized spacial score (nSPS) is 10.5. The lowest BCUT2D eigenvalue weighted by molar-refractivity contribution is 0.0689. The van der Waals surface area contributed by atoms with Crippen molar-refractivity contribution in [3.8, 4) is 17.0 Å². The van der Waals surface area contributed by atoms with Crippen molar-refractivity contribution in [3.05, 3.63) is 35.3 Å². The number of aryl methyl sites for hydroxylation is 1. The Bertz CT molecular complexity index is 650. The van der Waals surface area contributed by atoms with Crippen LogP contribution in [0.15, 0.2) is 18.2 Å². The summed E-state index contributed by atoms with van der Waals surface area (Å²) >= 11 is 0. The predicted molar refractivity (Wildman–Crippen MR) is 66.9 cm³/mol. The van der Waals surface area contributed by atoms with E-state index in [0.29, 0.717) is 22.6 Å². The number of nitrogens with zero attached hydrogens (tertiary/aromatic N) is 2. The molecule has 0 aliphatic rings. The largest absolute Gasteiger partial charge is 0.496 e.